The van der Waals surface area contributed by atoms with Gasteiger partial charge in [-0.2, -0.15) is 0 Å². The summed E-state index contributed by atoms with van der Waals surface area (Å²) >= 11 is 0. The third kappa shape index (κ3) is 4.61. The van der Waals surface area contributed by atoms with Crippen LogP contribution in [0.4, 0.5) is 5.69 Å². The van der Waals surface area contributed by atoms with E-state index < -0.39 is 16.0 Å². The monoisotopic (exact) mass is 396 g/mol. The van der Waals surface area contributed by atoms with E-state index in [1.54, 1.807) is 17.0 Å². The van der Waals surface area contributed by atoms with E-state index in [9.17, 15) is 18.0 Å². The number of sulfonamides is 1. The first-order valence-corrected chi connectivity index (χ1v) is 10.9. The summed E-state index contributed by atoms with van der Waals surface area (Å²) in [6.07, 6.45) is 1.69. The third-order valence-electron chi connectivity index (χ3n) is 4.55. The van der Waals surface area contributed by atoms with Gasteiger partial charge in [0.2, 0.25) is 10.0 Å². The van der Waals surface area contributed by atoms with Crippen LogP contribution in [0.1, 0.15) is 50.5 Å². The Balaban J connectivity index is 2.11. The molecule has 1 aromatic rings. The van der Waals surface area contributed by atoms with Gasteiger partial charge in [-0.25, -0.2) is 13.2 Å². The highest BCUT2D eigenvalue weighted by atomic mass is 32.2. The second-order valence-electron chi connectivity index (χ2n) is 7.52. The predicted molar refractivity (Wildman–Crippen MR) is 104 cm³/mol. The normalized spacial score (nSPS) is 16.6. The van der Waals surface area contributed by atoms with E-state index in [1.165, 1.54) is 16.6 Å². The van der Waals surface area contributed by atoms with Crippen LogP contribution in [0.2, 0.25) is 0 Å². The van der Waals surface area contributed by atoms with Crippen LogP contribution in [0.15, 0.2) is 18.2 Å². The van der Waals surface area contributed by atoms with Gasteiger partial charge in [-0.15, -0.1) is 0 Å². The predicted octanol–water partition coefficient (Wildman–Crippen LogP) is 2.20. The SMILES string of the molecule is CC(C)N(C(=O)COC(=O)c1ccc2c(c1)C[C@H](C)N2S(C)(=O)=O)C(C)C. The standard InChI is InChI=1S/C19H28N2O5S/c1-12(2)20(13(3)4)18(22)11-26-19(23)15-7-8-17-16(10-15)9-14(5)21(17)27(6,24)25/h7-8,10,12-14H,9,11H2,1-6H3/t14-/m0/s1. The average molecular weight is 397 g/mol. The zero-order valence-electron chi connectivity index (χ0n) is 16.7. The number of hydrogen-bond acceptors (Lipinski definition) is 5. The van der Waals surface area contributed by atoms with Gasteiger partial charge < -0.3 is 9.64 Å². The highest BCUT2D eigenvalue weighted by Gasteiger charge is 2.33. The number of benzene rings is 1. The smallest absolute Gasteiger partial charge is 0.338 e. The van der Waals surface area contributed by atoms with E-state index in [4.69, 9.17) is 4.74 Å². The van der Waals surface area contributed by atoms with Gasteiger partial charge in [0.1, 0.15) is 0 Å². The van der Waals surface area contributed by atoms with Gasteiger partial charge in [-0.3, -0.25) is 9.10 Å². The van der Waals surface area contributed by atoms with Gasteiger partial charge in [-0.05, 0) is 64.8 Å². The Morgan fingerprint density at radius 2 is 1.81 bits per heavy atom. The fraction of sp³-hybridized carbons (Fsp3) is 0.579. The van der Waals surface area contributed by atoms with Crippen molar-refractivity contribution < 1.29 is 22.7 Å². The Kier molecular flexibility index (Phi) is 6.19. The molecule has 0 unspecified atom stereocenters. The Labute approximate surface area is 161 Å². The van der Waals surface area contributed by atoms with Crippen LogP contribution in [0.25, 0.3) is 0 Å². The van der Waals surface area contributed by atoms with Gasteiger partial charge in [0.15, 0.2) is 6.61 Å². The number of fused-ring (bicyclic) bond motifs is 1. The molecule has 1 atom stereocenters. The maximum absolute atomic E-state index is 12.3. The van der Waals surface area contributed by atoms with Crippen molar-refractivity contribution in [3.63, 3.8) is 0 Å². The molecule has 0 fully saturated rings. The van der Waals surface area contributed by atoms with Crippen LogP contribution in [0, 0.1) is 0 Å². The van der Waals surface area contributed by atoms with Crippen molar-refractivity contribution in [2.24, 2.45) is 0 Å². The largest absolute Gasteiger partial charge is 0.452 e. The van der Waals surface area contributed by atoms with E-state index in [1.807, 2.05) is 34.6 Å². The van der Waals surface area contributed by atoms with Gasteiger partial charge in [0, 0.05) is 18.1 Å². The van der Waals surface area contributed by atoms with E-state index in [-0.39, 0.29) is 30.6 Å². The summed E-state index contributed by atoms with van der Waals surface area (Å²) < 4.78 is 30.5. The van der Waals surface area contributed by atoms with Gasteiger partial charge in [0.25, 0.3) is 5.91 Å². The van der Waals surface area contributed by atoms with Crippen molar-refractivity contribution in [2.75, 3.05) is 17.2 Å². The first-order chi connectivity index (χ1) is 12.4. The fourth-order valence-corrected chi connectivity index (χ4v) is 4.96. The summed E-state index contributed by atoms with van der Waals surface area (Å²) in [5.41, 5.74) is 1.67. The number of ether oxygens (including phenoxy) is 1. The van der Waals surface area contributed by atoms with Crippen molar-refractivity contribution >= 4 is 27.6 Å². The molecule has 0 aliphatic carbocycles. The highest BCUT2D eigenvalue weighted by molar-refractivity contribution is 7.92. The lowest BCUT2D eigenvalue weighted by Crippen LogP contribution is -2.44. The lowest BCUT2D eigenvalue weighted by atomic mass is 10.1. The zero-order chi connectivity index (χ0) is 20.5. The van der Waals surface area contributed by atoms with Crippen LogP contribution in [-0.2, 0) is 26.0 Å². The molecule has 7 nitrogen and oxygen atoms in total. The molecule has 0 aromatic heterocycles. The molecule has 1 aliphatic heterocycles. The van der Waals surface area contributed by atoms with Crippen LogP contribution in [0.5, 0.6) is 0 Å². The maximum atomic E-state index is 12.3. The molecule has 1 aliphatic rings. The molecule has 0 spiro atoms. The van der Waals surface area contributed by atoms with Crippen molar-refractivity contribution in [2.45, 2.75) is 59.2 Å². The van der Waals surface area contributed by atoms with Gasteiger partial charge in [0.05, 0.1) is 17.5 Å². The second kappa shape index (κ2) is 7.88. The number of anilines is 1. The summed E-state index contributed by atoms with van der Waals surface area (Å²) in [5.74, 6) is -0.838. The molecule has 0 radical (unpaired) electrons. The molecule has 8 heteroatoms. The molecule has 1 amide bonds. The zero-order valence-corrected chi connectivity index (χ0v) is 17.5. The molecule has 0 bridgehead atoms. The van der Waals surface area contributed by atoms with Crippen molar-refractivity contribution in [1.29, 1.82) is 0 Å². The number of nitrogens with zero attached hydrogens (tertiary/aromatic N) is 2. The Hall–Kier alpha value is -2.09. The molecule has 1 heterocycles. The number of esters is 1. The topological polar surface area (TPSA) is 84.0 Å². The minimum absolute atomic E-state index is 0.0136. The van der Waals surface area contributed by atoms with Gasteiger partial charge >= 0.3 is 5.97 Å². The maximum Gasteiger partial charge on any atom is 0.338 e. The second-order valence-corrected chi connectivity index (χ2v) is 9.38. The number of hydrogen-bond donors (Lipinski definition) is 0. The average Bonchev–Trinajstić information content (AvgIpc) is 2.86. The van der Waals surface area contributed by atoms with Crippen LogP contribution in [-0.4, -0.2) is 56.2 Å². The Bertz CT molecular complexity index is 825. The highest BCUT2D eigenvalue weighted by Crippen LogP contribution is 2.34. The van der Waals surface area contributed by atoms with E-state index in [0.717, 1.165) is 5.56 Å². The summed E-state index contributed by atoms with van der Waals surface area (Å²) in [6, 6.07) is 4.62. The fourth-order valence-electron chi connectivity index (χ4n) is 3.69. The number of carbonyl (C=O) groups is 2. The minimum atomic E-state index is -3.38. The van der Waals surface area contributed by atoms with Crippen LogP contribution < -0.4 is 4.31 Å². The van der Waals surface area contributed by atoms with Crippen molar-refractivity contribution in [3.8, 4) is 0 Å². The molecule has 1 aromatic carbocycles. The molecule has 150 valence electrons. The molecule has 0 saturated carbocycles. The minimum Gasteiger partial charge on any atom is -0.452 e. The van der Waals surface area contributed by atoms with Crippen molar-refractivity contribution in [3.05, 3.63) is 29.3 Å². The van der Waals surface area contributed by atoms with E-state index >= 15 is 0 Å². The lowest BCUT2D eigenvalue weighted by molar-refractivity contribution is -0.138. The summed E-state index contributed by atoms with van der Waals surface area (Å²) in [4.78, 5) is 26.3. The van der Waals surface area contributed by atoms with E-state index in [2.05, 4.69) is 0 Å². The van der Waals surface area contributed by atoms with Gasteiger partial charge in [-0.1, -0.05) is 0 Å². The van der Waals surface area contributed by atoms with Crippen molar-refractivity contribution in [1.82, 2.24) is 4.90 Å². The molecule has 0 saturated heterocycles. The van der Waals surface area contributed by atoms with E-state index in [0.29, 0.717) is 17.7 Å². The number of carbonyl (C=O) groups excluding carboxylic acids is 2. The third-order valence-corrected chi connectivity index (χ3v) is 5.82. The molecule has 27 heavy (non-hydrogen) atoms. The molecular weight excluding hydrogens is 368 g/mol. The Morgan fingerprint density at radius 3 is 2.33 bits per heavy atom. The molecule has 2 rings (SSSR count). The molecule has 0 N–H and O–H groups in total. The van der Waals surface area contributed by atoms with Crippen LogP contribution in [0.3, 0.4) is 0 Å². The lowest BCUT2D eigenvalue weighted by Gasteiger charge is -2.30. The number of amides is 1. The summed E-state index contributed by atoms with van der Waals surface area (Å²) in [7, 11) is -3.38. The van der Waals surface area contributed by atoms with Crippen LogP contribution >= 0.6 is 0 Å². The first kappa shape index (κ1) is 21.2. The summed E-state index contributed by atoms with van der Waals surface area (Å²) in [6.45, 7) is 9.15. The quantitative estimate of drug-likeness (QED) is 0.688. The Morgan fingerprint density at radius 1 is 1.22 bits per heavy atom. The molecular formula is C19H28N2O5S. The first-order valence-electron chi connectivity index (χ1n) is 9.04. The summed E-state index contributed by atoms with van der Waals surface area (Å²) in [5, 5.41) is 0. The number of rotatable bonds is 6.